The summed E-state index contributed by atoms with van der Waals surface area (Å²) >= 11 is 7.51. The molecule has 3 aromatic carbocycles. The molecule has 2 N–H and O–H groups in total. The molecular formula is C26H17ClN2O3S. The van der Waals surface area contributed by atoms with Crippen LogP contribution in [-0.2, 0) is 0 Å². The maximum atomic E-state index is 12.8. The van der Waals surface area contributed by atoms with Gasteiger partial charge in [-0.25, -0.2) is 4.98 Å². The Morgan fingerprint density at radius 2 is 1.67 bits per heavy atom. The Balaban J connectivity index is 1.57. The van der Waals surface area contributed by atoms with Crippen LogP contribution in [0.15, 0.2) is 94.0 Å². The molecule has 1 amide bonds. The van der Waals surface area contributed by atoms with Crippen molar-refractivity contribution >= 4 is 34.7 Å². The van der Waals surface area contributed by atoms with Crippen LogP contribution in [0.4, 0.5) is 5.88 Å². The van der Waals surface area contributed by atoms with Gasteiger partial charge in [-0.05, 0) is 47.3 Å². The average Bonchev–Trinajstić information content (AvgIpc) is 3.51. The molecule has 0 atom stereocenters. The topological polar surface area (TPSA) is 75.4 Å². The third kappa shape index (κ3) is 4.26. The maximum absolute atomic E-state index is 12.8. The van der Waals surface area contributed by atoms with E-state index in [1.807, 2.05) is 47.2 Å². The number of aromatic nitrogens is 1. The number of aromatic hydroxyl groups is 1. The number of phenols is 1. The van der Waals surface area contributed by atoms with Crippen LogP contribution in [0, 0.1) is 0 Å². The number of hydrogen-bond acceptors (Lipinski definition) is 5. The molecule has 0 bridgehead atoms. The molecular weight excluding hydrogens is 456 g/mol. The van der Waals surface area contributed by atoms with Gasteiger partial charge in [-0.15, -0.1) is 0 Å². The number of nitrogens with one attached hydrogen (secondary N) is 1. The predicted octanol–water partition coefficient (Wildman–Crippen LogP) is 7.35. The molecule has 0 saturated heterocycles. The fraction of sp³-hybridized carbons (Fsp3) is 0. The highest BCUT2D eigenvalue weighted by atomic mass is 35.5. The zero-order valence-corrected chi connectivity index (χ0v) is 18.7. The molecule has 2 heterocycles. The van der Waals surface area contributed by atoms with E-state index in [-0.39, 0.29) is 23.4 Å². The molecule has 0 radical (unpaired) electrons. The first-order valence-corrected chi connectivity index (χ1v) is 11.4. The van der Waals surface area contributed by atoms with Crippen molar-refractivity contribution in [2.24, 2.45) is 0 Å². The molecule has 2 aromatic heterocycles. The quantitative estimate of drug-likeness (QED) is 0.280. The Morgan fingerprint density at radius 1 is 0.909 bits per heavy atom. The first-order chi connectivity index (χ1) is 16.1. The zero-order valence-electron chi connectivity index (χ0n) is 17.2. The fourth-order valence-electron chi connectivity index (χ4n) is 3.46. The van der Waals surface area contributed by atoms with Crippen LogP contribution in [0.25, 0.3) is 33.8 Å². The number of halogens is 1. The van der Waals surface area contributed by atoms with Gasteiger partial charge < -0.3 is 9.52 Å². The number of carbonyl (C=O) groups is 1. The summed E-state index contributed by atoms with van der Waals surface area (Å²) < 4.78 is 5.99. The number of benzene rings is 3. The molecule has 7 heteroatoms. The van der Waals surface area contributed by atoms with Crippen molar-refractivity contribution in [3.05, 3.63) is 100 Å². The Morgan fingerprint density at radius 3 is 2.39 bits per heavy atom. The minimum atomic E-state index is -0.311. The molecule has 0 unspecified atom stereocenters. The first kappa shape index (κ1) is 21.0. The van der Waals surface area contributed by atoms with Crippen LogP contribution in [0.2, 0.25) is 5.02 Å². The van der Waals surface area contributed by atoms with Gasteiger partial charge in [0.25, 0.3) is 5.91 Å². The lowest BCUT2D eigenvalue weighted by molar-refractivity contribution is 0.102. The molecule has 0 aliphatic heterocycles. The third-order valence-electron chi connectivity index (χ3n) is 5.11. The van der Waals surface area contributed by atoms with Crippen LogP contribution in [0.3, 0.4) is 0 Å². The van der Waals surface area contributed by atoms with Gasteiger partial charge in [0.2, 0.25) is 11.8 Å². The summed E-state index contributed by atoms with van der Waals surface area (Å²) in [4.78, 5) is 17.4. The summed E-state index contributed by atoms with van der Waals surface area (Å²) in [6.07, 6.45) is 0. The molecule has 0 aliphatic rings. The van der Waals surface area contributed by atoms with Crippen molar-refractivity contribution in [3.8, 4) is 39.6 Å². The van der Waals surface area contributed by atoms with E-state index in [9.17, 15) is 9.90 Å². The number of phenolic OH excluding ortho intramolecular Hbond substituents is 1. The minimum Gasteiger partial charge on any atom is -0.506 e. The summed E-state index contributed by atoms with van der Waals surface area (Å²) in [6, 6.07) is 23.3. The summed E-state index contributed by atoms with van der Waals surface area (Å²) in [5.41, 5.74) is 3.65. The van der Waals surface area contributed by atoms with Crippen LogP contribution in [0.5, 0.6) is 5.75 Å². The van der Waals surface area contributed by atoms with E-state index >= 15 is 0 Å². The number of para-hydroxylation sites is 1. The van der Waals surface area contributed by atoms with E-state index in [4.69, 9.17) is 16.0 Å². The molecule has 33 heavy (non-hydrogen) atoms. The first-order valence-electron chi connectivity index (χ1n) is 10.1. The Kier molecular flexibility index (Phi) is 5.69. The standard InChI is InChI=1S/C26H17ClN2O3S/c27-19-11-9-16(10-12-19)20-7-4-8-21(23(20)30)25-28-22(18-13-14-33-15-18)26(32-25)29-24(31)17-5-2-1-3-6-17/h1-15,30H,(H,29,31). The molecule has 0 saturated carbocycles. The molecule has 5 aromatic rings. The van der Waals surface area contributed by atoms with Gasteiger partial charge >= 0.3 is 0 Å². The van der Waals surface area contributed by atoms with Crippen LogP contribution in [-0.4, -0.2) is 16.0 Å². The Hall–Kier alpha value is -3.87. The van der Waals surface area contributed by atoms with Crippen molar-refractivity contribution in [1.29, 1.82) is 0 Å². The van der Waals surface area contributed by atoms with Crippen LogP contribution in [0.1, 0.15) is 10.4 Å². The van der Waals surface area contributed by atoms with E-state index in [1.54, 1.807) is 42.5 Å². The van der Waals surface area contributed by atoms with Gasteiger partial charge in [-0.3, -0.25) is 10.1 Å². The average molecular weight is 473 g/mol. The number of thiophene rings is 1. The van der Waals surface area contributed by atoms with Gasteiger partial charge in [0.05, 0.1) is 5.56 Å². The minimum absolute atomic E-state index is 0.0267. The largest absolute Gasteiger partial charge is 0.506 e. The smallest absolute Gasteiger partial charge is 0.258 e. The highest BCUT2D eigenvalue weighted by Gasteiger charge is 2.22. The van der Waals surface area contributed by atoms with Gasteiger partial charge in [0.15, 0.2) is 0 Å². The lowest BCUT2D eigenvalue weighted by Gasteiger charge is -2.08. The second kappa shape index (κ2) is 8.94. The van der Waals surface area contributed by atoms with Crippen molar-refractivity contribution in [1.82, 2.24) is 4.98 Å². The Labute approximate surface area is 198 Å². The van der Waals surface area contributed by atoms with E-state index in [1.165, 1.54) is 11.3 Å². The number of rotatable bonds is 5. The molecule has 5 rings (SSSR count). The predicted molar refractivity (Wildman–Crippen MR) is 132 cm³/mol. The van der Waals surface area contributed by atoms with E-state index in [2.05, 4.69) is 10.3 Å². The number of carbonyl (C=O) groups excluding carboxylic acids is 1. The van der Waals surface area contributed by atoms with Crippen molar-refractivity contribution in [3.63, 3.8) is 0 Å². The summed E-state index contributed by atoms with van der Waals surface area (Å²) in [5, 5.41) is 18.3. The van der Waals surface area contributed by atoms with Gasteiger partial charge in [0.1, 0.15) is 11.4 Å². The summed E-state index contributed by atoms with van der Waals surface area (Å²) in [7, 11) is 0. The second-order valence-electron chi connectivity index (χ2n) is 7.24. The van der Waals surface area contributed by atoms with Gasteiger partial charge in [0, 0.05) is 27.1 Å². The van der Waals surface area contributed by atoms with Gasteiger partial charge in [-0.1, -0.05) is 54.1 Å². The molecule has 0 spiro atoms. The van der Waals surface area contributed by atoms with Crippen LogP contribution < -0.4 is 5.32 Å². The van der Waals surface area contributed by atoms with Crippen LogP contribution >= 0.6 is 22.9 Å². The zero-order chi connectivity index (χ0) is 22.8. The lowest BCUT2D eigenvalue weighted by atomic mass is 10.0. The molecule has 0 fully saturated rings. The number of amides is 1. The van der Waals surface area contributed by atoms with Crippen molar-refractivity contribution < 1.29 is 14.3 Å². The SMILES string of the molecule is O=C(Nc1oc(-c2cccc(-c3ccc(Cl)cc3)c2O)nc1-c1ccsc1)c1ccccc1. The number of nitrogens with zero attached hydrogens (tertiary/aromatic N) is 1. The number of oxazole rings is 1. The second-order valence-corrected chi connectivity index (χ2v) is 8.45. The van der Waals surface area contributed by atoms with E-state index in [0.717, 1.165) is 11.1 Å². The fourth-order valence-corrected chi connectivity index (χ4v) is 4.22. The summed E-state index contributed by atoms with van der Waals surface area (Å²) in [6.45, 7) is 0. The number of hydrogen-bond donors (Lipinski definition) is 2. The molecule has 0 aliphatic carbocycles. The maximum Gasteiger partial charge on any atom is 0.258 e. The normalized spacial score (nSPS) is 10.8. The van der Waals surface area contributed by atoms with Crippen molar-refractivity contribution in [2.75, 3.05) is 5.32 Å². The summed E-state index contributed by atoms with van der Waals surface area (Å²) in [5.74, 6) is 0.134. The monoisotopic (exact) mass is 472 g/mol. The highest BCUT2D eigenvalue weighted by molar-refractivity contribution is 7.08. The van der Waals surface area contributed by atoms with Crippen molar-refractivity contribution in [2.45, 2.75) is 0 Å². The number of anilines is 1. The van der Waals surface area contributed by atoms with E-state index in [0.29, 0.717) is 27.4 Å². The van der Waals surface area contributed by atoms with Gasteiger partial charge in [-0.2, -0.15) is 11.3 Å². The highest BCUT2D eigenvalue weighted by Crippen LogP contribution is 2.41. The Bertz CT molecular complexity index is 1410. The molecule has 5 nitrogen and oxygen atoms in total. The lowest BCUT2D eigenvalue weighted by Crippen LogP contribution is -2.11. The third-order valence-corrected chi connectivity index (χ3v) is 6.04. The van der Waals surface area contributed by atoms with E-state index < -0.39 is 0 Å². The molecule has 162 valence electrons.